The molecule has 2 N–H and O–H groups in total. The van der Waals surface area contributed by atoms with Crippen LogP contribution in [0.2, 0.25) is 0 Å². The number of furan rings is 1. The molecule has 3 rings (SSSR count). The van der Waals surface area contributed by atoms with Crippen LogP contribution in [-0.4, -0.2) is 18.8 Å². The lowest BCUT2D eigenvalue weighted by Gasteiger charge is -2.21. The van der Waals surface area contributed by atoms with Crippen LogP contribution >= 0.6 is 11.3 Å². The number of hydrogen-bond acceptors (Lipinski definition) is 5. The molecular formula is C14H18N2O3S2. The highest BCUT2D eigenvalue weighted by Crippen LogP contribution is 2.37. The van der Waals surface area contributed by atoms with E-state index in [1.165, 1.54) is 11.3 Å². The Morgan fingerprint density at radius 2 is 2.24 bits per heavy atom. The molecule has 0 aromatic carbocycles. The molecule has 0 unspecified atom stereocenters. The van der Waals surface area contributed by atoms with Gasteiger partial charge in [-0.3, -0.25) is 0 Å². The fourth-order valence-corrected chi connectivity index (χ4v) is 5.73. The van der Waals surface area contributed by atoms with E-state index in [0.29, 0.717) is 10.7 Å². The van der Waals surface area contributed by atoms with Crippen molar-refractivity contribution in [1.29, 1.82) is 0 Å². The van der Waals surface area contributed by atoms with E-state index < -0.39 is 10.0 Å². The predicted molar refractivity (Wildman–Crippen MR) is 81.4 cm³/mol. The average molecular weight is 326 g/mol. The van der Waals surface area contributed by atoms with Crippen molar-refractivity contribution >= 4 is 21.4 Å². The Labute approximate surface area is 128 Å². The smallest absolute Gasteiger partial charge is 0.245 e. The second-order valence-corrected chi connectivity index (χ2v) is 8.03. The van der Waals surface area contributed by atoms with Crippen LogP contribution in [0.4, 0.5) is 0 Å². The summed E-state index contributed by atoms with van der Waals surface area (Å²) in [7, 11) is -3.54. The highest BCUT2D eigenvalue weighted by atomic mass is 32.2. The summed E-state index contributed by atoms with van der Waals surface area (Å²) in [6.07, 6.45) is 3.37. The maximum atomic E-state index is 13.0. The first-order chi connectivity index (χ1) is 10.0. The summed E-state index contributed by atoms with van der Waals surface area (Å²) in [6, 6.07) is 3.65. The van der Waals surface area contributed by atoms with Gasteiger partial charge in [0.1, 0.15) is 10.7 Å². The van der Waals surface area contributed by atoms with Gasteiger partial charge >= 0.3 is 0 Å². The van der Waals surface area contributed by atoms with Crippen molar-refractivity contribution in [2.24, 2.45) is 5.73 Å². The Bertz CT molecular complexity index is 715. The lowest BCUT2D eigenvalue weighted by molar-refractivity contribution is 0.356. The van der Waals surface area contributed by atoms with Gasteiger partial charge in [0, 0.05) is 17.5 Å². The minimum atomic E-state index is -3.54. The Hall–Kier alpha value is -1.15. The third kappa shape index (κ3) is 2.78. The van der Waals surface area contributed by atoms with E-state index in [4.69, 9.17) is 10.2 Å². The monoisotopic (exact) mass is 326 g/mol. The molecule has 21 heavy (non-hydrogen) atoms. The molecule has 0 bridgehead atoms. The van der Waals surface area contributed by atoms with Gasteiger partial charge in [0.25, 0.3) is 0 Å². The van der Waals surface area contributed by atoms with E-state index in [1.807, 2.05) is 12.3 Å². The number of hydrogen-bond donors (Lipinski definition) is 1. The van der Waals surface area contributed by atoms with Gasteiger partial charge in [0.2, 0.25) is 10.0 Å². The van der Waals surface area contributed by atoms with Gasteiger partial charge in [0.05, 0.1) is 12.8 Å². The average Bonchev–Trinajstić information content (AvgIpc) is 3.00. The van der Waals surface area contributed by atoms with Gasteiger partial charge in [0.15, 0.2) is 0 Å². The largest absolute Gasteiger partial charge is 0.468 e. The van der Waals surface area contributed by atoms with Crippen molar-refractivity contribution < 1.29 is 12.8 Å². The fourth-order valence-electron chi connectivity index (χ4n) is 2.42. The zero-order valence-corrected chi connectivity index (χ0v) is 13.4. The van der Waals surface area contributed by atoms with Crippen molar-refractivity contribution in [3.63, 3.8) is 0 Å². The zero-order valence-electron chi connectivity index (χ0n) is 11.8. The standard InChI is InChI=1S/C14H18N2O3S2/c1-10-9-20-13(7-15)14(10)21(17,18)16(11-4-5-11)8-12-3-2-6-19-12/h2-3,6,9,11H,4-5,7-8,15H2,1H3. The summed E-state index contributed by atoms with van der Waals surface area (Å²) in [5.74, 6) is 0.660. The molecule has 114 valence electrons. The Morgan fingerprint density at radius 1 is 1.48 bits per heavy atom. The van der Waals surface area contributed by atoms with Crippen molar-refractivity contribution in [2.45, 2.75) is 43.8 Å². The first-order valence-corrected chi connectivity index (χ1v) is 9.17. The van der Waals surface area contributed by atoms with Gasteiger partial charge in [-0.1, -0.05) is 0 Å². The zero-order chi connectivity index (χ0) is 15.0. The van der Waals surface area contributed by atoms with E-state index >= 15 is 0 Å². The second kappa shape index (κ2) is 5.57. The summed E-state index contributed by atoms with van der Waals surface area (Å²) in [5, 5.41) is 1.85. The molecular weight excluding hydrogens is 308 g/mol. The summed E-state index contributed by atoms with van der Waals surface area (Å²) in [4.78, 5) is 1.10. The molecule has 0 radical (unpaired) electrons. The Balaban J connectivity index is 1.99. The number of nitrogens with zero attached hydrogens (tertiary/aromatic N) is 1. The molecule has 0 saturated heterocycles. The lowest BCUT2D eigenvalue weighted by Crippen LogP contribution is -2.33. The maximum Gasteiger partial charge on any atom is 0.245 e. The molecule has 2 heterocycles. The van der Waals surface area contributed by atoms with Crippen molar-refractivity contribution in [2.75, 3.05) is 0 Å². The van der Waals surface area contributed by atoms with Crippen LogP contribution in [0.1, 0.15) is 29.0 Å². The van der Waals surface area contributed by atoms with Crippen LogP contribution < -0.4 is 5.73 Å². The van der Waals surface area contributed by atoms with Crippen molar-refractivity contribution in [3.8, 4) is 0 Å². The molecule has 1 fully saturated rings. The molecule has 1 saturated carbocycles. The molecule has 0 atom stereocenters. The topological polar surface area (TPSA) is 76.5 Å². The molecule has 5 nitrogen and oxygen atoms in total. The third-order valence-corrected chi connectivity index (χ3v) is 6.97. The number of thiophene rings is 1. The summed E-state index contributed by atoms with van der Waals surface area (Å²) in [6.45, 7) is 2.34. The molecule has 0 amide bonds. The van der Waals surface area contributed by atoms with Crippen LogP contribution in [0, 0.1) is 6.92 Å². The predicted octanol–water partition coefficient (Wildman–Crippen LogP) is 2.46. The molecule has 0 spiro atoms. The van der Waals surface area contributed by atoms with Gasteiger partial charge < -0.3 is 10.2 Å². The molecule has 1 aliphatic carbocycles. The first-order valence-electron chi connectivity index (χ1n) is 6.85. The first kappa shape index (κ1) is 14.8. The van der Waals surface area contributed by atoms with Crippen LogP contribution in [0.25, 0.3) is 0 Å². The summed E-state index contributed by atoms with van der Waals surface area (Å²) in [5.41, 5.74) is 6.47. The third-order valence-electron chi connectivity index (χ3n) is 3.59. The Kier molecular flexibility index (Phi) is 3.92. The second-order valence-electron chi connectivity index (χ2n) is 5.24. The van der Waals surface area contributed by atoms with Gasteiger partial charge in [-0.05, 0) is 42.8 Å². The number of rotatable bonds is 6. The fraction of sp³-hybridized carbons (Fsp3) is 0.429. The highest BCUT2D eigenvalue weighted by Gasteiger charge is 2.40. The lowest BCUT2D eigenvalue weighted by atomic mass is 10.3. The number of aryl methyl sites for hydroxylation is 1. The van der Waals surface area contributed by atoms with Crippen LogP contribution in [0.15, 0.2) is 33.1 Å². The van der Waals surface area contributed by atoms with Crippen molar-refractivity contribution in [3.05, 3.63) is 40.0 Å². The summed E-state index contributed by atoms with van der Waals surface area (Å²) < 4.78 is 32.9. The van der Waals surface area contributed by atoms with E-state index in [1.54, 1.807) is 22.7 Å². The minimum absolute atomic E-state index is 0.0741. The molecule has 7 heteroatoms. The summed E-state index contributed by atoms with van der Waals surface area (Å²) >= 11 is 1.41. The minimum Gasteiger partial charge on any atom is -0.468 e. The maximum absolute atomic E-state index is 13.0. The van der Waals surface area contributed by atoms with Gasteiger partial charge in [-0.15, -0.1) is 11.3 Å². The molecule has 2 aromatic heterocycles. The highest BCUT2D eigenvalue weighted by molar-refractivity contribution is 7.89. The van der Waals surface area contributed by atoms with Gasteiger partial charge in [-0.25, -0.2) is 8.42 Å². The van der Waals surface area contributed by atoms with Gasteiger partial charge in [-0.2, -0.15) is 4.31 Å². The van der Waals surface area contributed by atoms with Crippen LogP contribution in [0.3, 0.4) is 0 Å². The van der Waals surface area contributed by atoms with E-state index in [-0.39, 0.29) is 19.1 Å². The van der Waals surface area contributed by atoms with Crippen molar-refractivity contribution in [1.82, 2.24) is 4.31 Å². The van der Waals surface area contributed by atoms with Crippen LogP contribution in [0.5, 0.6) is 0 Å². The SMILES string of the molecule is Cc1csc(CN)c1S(=O)(=O)N(Cc1ccco1)C1CC1. The van der Waals surface area contributed by atoms with E-state index in [0.717, 1.165) is 23.3 Å². The van der Waals surface area contributed by atoms with E-state index in [9.17, 15) is 8.42 Å². The number of sulfonamides is 1. The van der Waals surface area contributed by atoms with E-state index in [2.05, 4.69) is 0 Å². The quantitative estimate of drug-likeness (QED) is 0.884. The van der Waals surface area contributed by atoms with Crippen LogP contribution in [-0.2, 0) is 23.1 Å². The molecule has 1 aliphatic rings. The normalized spacial score (nSPS) is 15.8. The molecule has 0 aliphatic heterocycles. The number of nitrogens with two attached hydrogens (primary N) is 1. The Morgan fingerprint density at radius 3 is 2.81 bits per heavy atom. The molecule has 2 aromatic rings.